The second-order valence-electron chi connectivity index (χ2n) is 3.54. The molecule has 0 amide bonds. The molecule has 1 aromatic rings. The van der Waals surface area contributed by atoms with Gasteiger partial charge in [-0.3, -0.25) is 0 Å². The predicted octanol–water partition coefficient (Wildman–Crippen LogP) is 2.26. The maximum absolute atomic E-state index is 6.10. The van der Waals surface area contributed by atoms with E-state index >= 15 is 0 Å². The molecule has 0 bridgehead atoms. The lowest BCUT2D eigenvalue weighted by Gasteiger charge is -2.23. The third kappa shape index (κ3) is 1.40. The molecule has 13 heavy (non-hydrogen) atoms. The van der Waals surface area contributed by atoms with Crippen LogP contribution < -0.4 is 11.5 Å². The predicted molar refractivity (Wildman–Crippen MR) is 55.7 cm³/mol. The van der Waals surface area contributed by atoms with Gasteiger partial charge in [-0.05, 0) is 36.5 Å². The number of aryl methyl sites for hydroxylation is 1. The van der Waals surface area contributed by atoms with E-state index in [0.29, 0.717) is 10.7 Å². The minimum absolute atomic E-state index is 0.0692. The molecule has 0 aliphatic heterocycles. The maximum atomic E-state index is 6.10. The molecule has 1 aliphatic rings. The van der Waals surface area contributed by atoms with Gasteiger partial charge in [-0.15, -0.1) is 0 Å². The van der Waals surface area contributed by atoms with Crippen molar-refractivity contribution in [1.29, 1.82) is 0 Å². The third-order valence-corrected chi connectivity index (χ3v) is 3.05. The quantitative estimate of drug-likeness (QED) is 0.626. The zero-order valence-corrected chi connectivity index (χ0v) is 8.14. The minimum Gasteiger partial charge on any atom is -0.398 e. The number of hydrogen-bond acceptors (Lipinski definition) is 2. The van der Waals surface area contributed by atoms with Gasteiger partial charge in [0.1, 0.15) is 0 Å². The summed E-state index contributed by atoms with van der Waals surface area (Å²) in [6.45, 7) is 0. The zero-order chi connectivity index (χ0) is 9.42. The van der Waals surface area contributed by atoms with Crippen LogP contribution in [0.3, 0.4) is 0 Å². The first-order chi connectivity index (χ1) is 6.20. The summed E-state index contributed by atoms with van der Waals surface area (Å²) in [4.78, 5) is 0. The number of nitrogens with two attached hydrogens (primary N) is 2. The van der Waals surface area contributed by atoms with Gasteiger partial charge in [0.05, 0.1) is 10.7 Å². The van der Waals surface area contributed by atoms with Crippen molar-refractivity contribution < 1.29 is 0 Å². The molecule has 2 nitrogen and oxygen atoms in total. The molecule has 4 N–H and O–H groups in total. The standard InChI is InChI=1S/C10H13ClN2/c11-10-8(13)5-4-6-2-1-3-7(12)9(6)10/h4-5,7H,1-3,12-13H2/t7-/m1/s1. The molecule has 1 atom stereocenters. The Kier molecular flexibility index (Phi) is 2.18. The molecule has 1 aromatic carbocycles. The molecule has 0 fully saturated rings. The van der Waals surface area contributed by atoms with Gasteiger partial charge in [-0.1, -0.05) is 17.7 Å². The van der Waals surface area contributed by atoms with E-state index in [4.69, 9.17) is 23.1 Å². The molecule has 0 heterocycles. The lowest BCUT2D eigenvalue weighted by atomic mass is 9.88. The Morgan fingerprint density at radius 3 is 2.92 bits per heavy atom. The molecule has 0 saturated carbocycles. The SMILES string of the molecule is Nc1ccc2c(c1Cl)[C@H](N)CCC2. The van der Waals surface area contributed by atoms with Gasteiger partial charge in [0.25, 0.3) is 0 Å². The van der Waals surface area contributed by atoms with Gasteiger partial charge in [-0.2, -0.15) is 0 Å². The Hall–Kier alpha value is -0.730. The number of anilines is 1. The molecule has 1 aliphatic carbocycles. The number of halogens is 1. The van der Waals surface area contributed by atoms with Gasteiger partial charge < -0.3 is 11.5 Å². The van der Waals surface area contributed by atoms with Crippen LogP contribution in [0.5, 0.6) is 0 Å². The van der Waals surface area contributed by atoms with E-state index in [2.05, 4.69) is 0 Å². The van der Waals surface area contributed by atoms with Crippen LogP contribution in [0.4, 0.5) is 5.69 Å². The third-order valence-electron chi connectivity index (χ3n) is 2.63. The largest absolute Gasteiger partial charge is 0.398 e. The average Bonchev–Trinajstić information content (AvgIpc) is 2.12. The van der Waals surface area contributed by atoms with Gasteiger partial charge in [0.2, 0.25) is 0 Å². The van der Waals surface area contributed by atoms with E-state index in [0.717, 1.165) is 24.8 Å². The molecule has 0 radical (unpaired) electrons. The Bertz CT molecular complexity index is 336. The van der Waals surface area contributed by atoms with Crippen molar-refractivity contribution in [2.45, 2.75) is 25.3 Å². The fourth-order valence-corrected chi connectivity index (χ4v) is 2.25. The van der Waals surface area contributed by atoms with Crippen molar-refractivity contribution in [2.24, 2.45) is 5.73 Å². The first-order valence-corrected chi connectivity index (χ1v) is 4.90. The Labute approximate surface area is 82.9 Å². The Balaban J connectivity index is 2.58. The number of nitrogen functional groups attached to an aromatic ring is 1. The van der Waals surface area contributed by atoms with E-state index < -0.39 is 0 Å². The molecule has 70 valence electrons. The van der Waals surface area contributed by atoms with E-state index in [9.17, 15) is 0 Å². The summed E-state index contributed by atoms with van der Waals surface area (Å²) in [5.74, 6) is 0. The summed E-state index contributed by atoms with van der Waals surface area (Å²) < 4.78 is 0. The van der Waals surface area contributed by atoms with Crippen molar-refractivity contribution in [2.75, 3.05) is 5.73 Å². The summed E-state index contributed by atoms with van der Waals surface area (Å²) in [5.41, 5.74) is 14.7. The number of benzene rings is 1. The molecule has 3 heteroatoms. The molecule has 0 aromatic heterocycles. The van der Waals surface area contributed by atoms with Crippen LogP contribution >= 0.6 is 11.6 Å². The lowest BCUT2D eigenvalue weighted by Crippen LogP contribution is -2.18. The van der Waals surface area contributed by atoms with E-state index in [1.165, 1.54) is 5.56 Å². The van der Waals surface area contributed by atoms with E-state index in [1.54, 1.807) is 0 Å². The van der Waals surface area contributed by atoms with Crippen LogP contribution in [0.15, 0.2) is 12.1 Å². The van der Waals surface area contributed by atoms with Gasteiger partial charge >= 0.3 is 0 Å². The topological polar surface area (TPSA) is 52.0 Å². The van der Waals surface area contributed by atoms with Crippen molar-refractivity contribution in [3.05, 3.63) is 28.3 Å². The highest BCUT2D eigenvalue weighted by Crippen LogP contribution is 2.36. The smallest absolute Gasteiger partial charge is 0.0685 e. The van der Waals surface area contributed by atoms with E-state index in [-0.39, 0.29) is 6.04 Å². The summed E-state index contributed by atoms with van der Waals surface area (Å²) in [6.07, 6.45) is 3.23. The van der Waals surface area contributed by atoms with Crippen LogP contribution in [0.25, 0.3) is 0 Å². The summed E-state index contributed by atoms with van der Waals surface area (Å²) >= 11 is 6.10. The van der Waals surface area contributed by atoms with Crippen LogP contribution in [0.2, 0.25) is 5.02 Å². The molecule has 0 saturated heterocycles. The summed E-state index contributed by atoms with van der Waals surface area (Å²) in [6, 6.07) is 3.97. The molecule has 2 rings (SSSR count). The lowest BCUT2D eigenvalue weighted by molar-refractivity contribution is 0.571. The first-order valence-electron chi connectivity index (χ1n) is 4.52. The first kappa shape index (κ1) is 8.85. The highest BCUT2D eigenvalue weighted by atomic mass is 35.5. The summed E-state index contributed by atoms with van der Waals surface area (Å²) in [5, 5.41) is 0.657. The number of hydrogen-bond donors (Lipinski definition) is 2. The molecular weight excluding hydrogens is 184 g/mol. The number of rotatable bonds is 0. The fourth-order valence-electron chi connectivity index (χ4n) is 1.93. The Morgan fingerprint density at radius 1 is 1.38 bits per heavy atom. The highest BCUT2D eigenvalue weighted by molar-refractivity contribution is 6.34. The normalized spacial score (nSPS) is 21.2. The van der Waals surface area contributed by atoms with Crippen molar-refractivity contribution in [1.82, 2.24) is 0 Å². The van der Waals surface area contributed by atoms with Gasteiger partial charge in [-0.25, -0.2) is 0 Å². The number of fused-ring (bicyclic) bond motifs is 1. The van der Waals surface area contributed by atoms with Crippen LogP contribution in [0.1, 0.15) is 30.0 Å². The highest BCUT2D eigenvalue weighted by Gasteiger charge is 2.20. The maximum Gasteiger partial charge on any atom is 0.0685 e. The van der Waals surface area contributed by atoms with Gasteiger partial charge in [0.15, 0.2) is 0 Å². The van der Waals surface area contributed by atoms with Crippen LogP contribution in [0, 0.1) is 0 Å². The van der Waals surface area contributed by atoms with E-state index in [1.807, 2.05) is 12.1 Å². The fraction of sp³-hybridized carbons (Fsp3) is 0.400. The van der Waals surface area contributed by atoms with Crippen LogP contribution in [-0.2, 0) is 6.42 Å². The molecular formula is C10H13ClN2. The second-order valence-corrected chi connectivity index (χ2v) is 3.92. The second kappa shape index (κ2) is 3.20. The van der Waals surface area contributed by atoms with Gasteiger partial charge in [0, 0.05) is 6.04 Å². The Morgan fingerprint density at radius 2 is 2.15 bits per heavy atom. The zero-order valence-electron chi connectivity index (χ0n) is 7.39. The molecule has 0 unspecified atom stereocenters. The average molecular weight is 197 g/mol. The summed E-state index contributed by atoms with van der Waals surface area (Å²) in [7, 11) is 0. The monoisotopic (exact) mass is 196 g/mol. The minimum atomic E-state index is 0.0692. The van der Waals surface area contributed by atoms with Crippen LogP contribution in [-0.4, -0.2) is 0 Å². The van der Waals surface area contributed by atoms with Crippen molar-refractivity contribution >= 4 is 17.3 Å². The van der Waals surface area contributed by atoms with Crippen molar-refractivity contribution in [3.63, 3.8) is 0 Å². The molecule has 0 spiro atoms. The van der Waals surface area contributed by atoms with Crippen molar-refractivity contribution in [3.8, 4) is 0 Å².